The van der Waals surface area contributed by atoms with Crippen molar-refractivity contribution in [3.8, 4) is 0 Å². The topological polar surface area (TPSA) is 38.7 Å². The average Bonchev–Trinajstić information content (AvgIpc) is 2.35. The second kappa shape index (κ2) is 6.05. The smallest absolute Gasteiger partial charge is 0.337 e. The Balaban J connectivity index is 2.86. The van der Waals surface area contributed by atoms with Crippen LogP contribution in [0, 0.1) is 0 Å². The zero-order valence-electron chi connectivity index (χ0n) is 9.99. The van der Waals surface area contributed by atoms with Gasteiger partial charge in [-0.1, -0.05) is 19.1 Å². The van der Waals surface area contributed by atoms with Crippen molar-refractivity contribution in [2.24, 2.45) is 4.99 Å². The fourth-order valence-electron chi connectivity index (χ4n) is 1.52. The molecule has 0 atom stereocenters. The number of esters is 1. The second-order valence-corrected chi connectivity index (χ2v) is 3.51. The van der Waals surface area contributed by atoms with E-state index in [4.69, 9.17) is 0 Å². The summed E-state index contributed by atoms with van der Waals surface area (Å²) >= 11 is 0. The zero-order chi connectivity index (χ0) is 12.0. The van der Waals surface area contributed by atoms with Crippen LogP contribution in [-0.2, 0) is 11.2 Å². The summed E-state index contributed by atoms with van der Waals surface area (Å²) in [5.41, 5.74) is 2.80. The van der Waals surface area contributed by atoms with Gasteiger partial charge in [0.1, 0.15) is 0 Å². The minimum Gasteiger partial charge on any atom is -0.465 e. The van der Waals surface area contributed by atoms with E-state index < -0.39 is 0 Å². The maximum atomic E-state index is 11.3. The quantitative estimate of drug-likeness (QED) is 0.576. The Morgan fingerprint density at radius 1 is 1.44 bits per heavy atom. The lowest BCUT2D eigenvalue weighted by Crippen LogP contribution is -2.05. The first kappa shape index (κ1) is 12.4. The van der Waals surface area contributed by atoms with Gasteiger partial charge in [0, 0.05) is 19.2 Å². The highest BCUT2D eigenvalue weighted by molar-refractivity contribution is 5.90. The van der Waals surface area contributed by atoms with Crippen molar-refractivity contribution in [1.29, 1.82) is 0 Å². The highest BCUT2D eigenvalue weighted by Gasteiger charge is 2.06. The monoisotopic (exact) mass is 219 g/mol. The first-order valence-corrected chi connectivity index (χ1v) is 5.33. The molecule has 1 aromatic rings. The van der Waals surface area contributed by atoms with Crippen molar-refractivity contribution < 1.29 is 9.53 Å². The summed E-state index contributed by atoms with van der Waals surface area (Å²) in [6.07, 6.45) is 1.72. The van der Waals surface area contributed by atoms with Crippen LogP contribution in [0.15, 0.2) is 29.3 Å². The van der Waals surface area contributed by atoms with Crippen molar-refractivity contribution in [3.05, 3.63) is 35.4 Å². The van der Waals surface area contributed by atoms with Crippen LogP contribution in [0.4, 0.5) is 0 Å². The molecule has 0 unspecified atom stereocenters. The number of rotatable bonds is 4. The lowest BCUT2D eigenvalue weighted by atomic mass is 10.0. The number of carbonyl (C=O) groups excluding carboxylic acids is 1. The molecule has 0 N–H and O–H groups in total. The number of ether oxygens (including phenoxy) is 1. The van der Waals surface area contributed by atoms with Gasteiger partial charge >= 0.3 is 5.97 Å². The Morgan fingerprint density at radius 2 is 2.19 bits per heavy atom. The summed E-state index contributed by atoms with van der Waals surface area (Å²) in [4.78, 5) is 15.5. The number of carbonyl (C=O) groups is 1. The van der Waals surface area contributed by atoms with Crippen molar-refractivity contribution in [3.63, 3.8) is 0 Å². The zero-order valence-corrected chi connectivity index (χ0v) is 9.99. The Hall–Kier alpha value is -1.64. The average molecular weight is 219 g/mol. The van der Waals surface area contributed by atoms with E-state index in [-0.39, 0.29) is 5.97 Å². The maximum absolute atomic E-state index is 11.3. The van der Waals surface area contributed by atoms with Crippen LogP contribution in [0.3, 0.4) is 0 Å². The Morgan fingerprint density at radius 3 is 2.75 bits per heavy atom. The SMILES string of the molecule is CCC(Cc1cccc(C(=O)OC)c1)=NC. The molecule has 0 aliphatic carbocycles. The Labute approximate surface area is 96.2 Å². The molecular weight excluding hydrogens is 202 g/mol. The van der Waals surface area contributed by atoms with Crippen LogP contribution < -0.4 is 0 Å². The number of aliphatic imine (C=N–C) groups is 1. The molecule has 1 rings (SSSR count). The first-order chi connectivity index (χ1) is 7.71. The van der Waals surface area contributed by atoms with E-state index in [1.807, 2.05) is 18.2 Å². The van der Waals surface area contributed by atoms with Gasteiger partial charge in [-0.15, -0.1) is 0 Å². The molecule has 0 saturated heterocycles. The van der Waals surface area contributed by atoms with Crippen molar-refractivity contribution in [2.45, 2.75) is 19.8 Å². The molecular formula is C13H17NO2. The van der Waals surface area contributed by atoms with Crippen LogP contribution in [0.1, 0.15) is 29.3 Å². The van der Waals surface area contributed by atoms with E-state index in [0.29, 0.717) is 5.56 Å². The van der Waals surface area contributed by atoms with E-state index in [1.54, 1.807) is 13.1 Å². The predicted octanol–water partition coefficient (Wildman–Crippen LogP) is 2.50. The van der Waals surface area contributed by atoms with Gasteiger partial charge in [-0.25, -0.2) is 4.79 Å². The number of methoxy groups -OCH3 is 1. The van der Waals surface area contributed by atoms with Crippen LogP contribution in [-0.4, -0.2) is 25.8 Å². The lowest BCUT2D eigenvalue weighted by Gasteiger charge is -2.05. The summed E-state index contributed by atoms with van der Waals surface area (Å²) in [6.45, 7) is 2.08. The fraction of sp³-hybridized carbons (Fsp3) is 0.385. The highest BCUT2D eigenvalue weighted by Crippen LogP contribution is 2.09. The van der Waals surface area contributed by atoms with Gasteiger partial charge in [-0.3, -0.25) is 4.99 Å². The minimum atomic E-state index is -0.298. The van der Waals surface area contributed by atoms with Crippen LogP contribution >= 0.6 is 0 Å². The summed E-state index contributed by atoms with van der Waals surface area (Å²) < 4.78 is 4.68. The Kier molecular flexibility index (Phi) is 4.70. The maximum Gasteiger partial charge on any atom is 0.337 e. The van der Waals surface area contributed by atoms with Gasteiger partial charge in [0.25, 0.3) is 0 Å². The van der Waals surface area contributed by atoms with Gasteiger partial charge in [0.05, 0.1) is 12.7 Å². The summed E-state index contributed by atoms with van der Waals surface area (Å²) in [6, 6.07) is 7.47. The van der Waals surface area contributed by atoms with Gasteiger partial charge in [0.2, 0.25) is 0 Å². The van der Waals surface area contributed by atoms with Crippen LogP contribution in [0.2, 0.25) is 0 Å². The third-order valence-corrected chi connectivity index (χ3v) is 2.48. The van der Waals surface area contributed by atoms with Gasteiger partial charge in [0.15, 0.2) is 0 Å². The van der Waals surface area contributed by atoms with E-state index in [1.165, 1.54) is 7.11 Å². The van der Waals surface area contributed by atoms with Crippen LogP contribution in [0.25, 0.3) is 0 Å². The molecule has 0 aliphatic heterocycles. The molecule has 0 amide bonds. The fourth-order valence-corrected chi connectivity index (χ4v) is 1.52. The van der Waals surface area contributed by atoms with E-state index in [9.17, 15) is 4.79 Å². The molecule has 3 heteroatoms. The lowest BCUT2D eigenvalue weighted by molar-refractivity contribution is 0.0600. The highest BCUT2D eigenvalue weighted by atomic mass is 16.5. The molecule has 0 bridgehead atoms. The standard InChI is InChI=1S/C13H17NO2/c1-4-12(14-2)9-10-6-5-7-11(8-10)13(15)16-3/h5-8H,4,9H2,1-3H3. The minimum absolute atomic E-state index is 0.298. The molecule has 3 nitrogen and oxygen atoms in total. The normalized spacial score (nSPS) is 11.3. The second-order valence-electron chi connectivity index (χ2n) is 3.51. The molecule has 0 fully saturated rings. The molecule has 0 radical (unpaired) electrons. The first-order valence-electron chi connectivity index (χ1n) is 5.33. The van der Waals surface area contributed by atoms with Gasteiger partial charge < -0.3 is 4.74 Å². The molecule has 86 valence electrons. The molecule has 1 aromatic carbocycles. The summed E-state index contributed by atoms with van der Waals surface area (Å²) in [5.74, 6) is -0.298. The third-order valence-electron chi connectivity index (χ3n) is 2.48. The summed E-state index contributed by atoms with van der Waals surface area (Å²) in [5, 5.41) is 0. The van der Waals surface area contributed by atoms with Gasteiger partial charge in [-0.2, -0.15) is 0 Å². The molecule has 0 spiro atoms. The van der Waals surface area contributed by atoms with E-state index >= 15 is 0 Å². The van der Waals surface area contributed by atoms with E-state index in [0.717, 1.165) is 24.1 Å². The molecule has 0 heterocycles. The molecule has 0 saturated carbocycles. The molecule has 16 heavy (non-hydrogen) atoms. The van der Waals surface area contributed by atoms with Crippen LogP contribution in [0.5, 0.6) is 0 Å². The Bertz CT molecular complexity index is 397. The summed E-state index contributed by atoms with van der Waals surface area (Å²) in [7, 11) is 3.18. The number of hydrogen-bond donors (Lipinski definition) is 0. The van der Waals surface area contributed by atoms with Gasteiger partial charge in [-0.05, 0) is 24.1 Å². The third kappa shape index (κ3) is 3.19. The molecule has 0 aliphatic rings. The number of hydrogen-bond acceptors (Lipinski definition) is 3. The number of benzene rings is 1. The number of nitrogens with zero attached hydrogens (tertiary/aromatic N) is 1. The largest absolute Gasteiger partial charge is 0.465 e. The van der Waals surface area contributed by atoms with E-state index in [2.05, 4.69) is 16.7 Å². The van der Waals surface area contributed by atoms with Crippen molar-refractivity contribution in [1.82, 2.24) is 0 Å². The molecule has 0 aromatic heterocycles. The van der Waals surface area contributed by atoms with Crippen molar-refractivity contribution >= 4 is 11.7 Å². The van der Waals surface area contributed by atoms with Crippen molar-refractivity contribution in [2.75, 3.05) is 14.2 Å². The predicted molar refractivity (Wildman–Crippen MR) is 65.1 cm³/mol.